The van der Waals surface area contributed by atoms with Crippen molar-refractivity contribution < 1.29 is 0 Å². The molecule has 0 aliphatic heterocycles. The minimum Gasteiger partial charge on any atom is -0.321 e. The van der Waals surface area contributed by atoms with E-state index >= 15 is 0 Å². The SMILES string of the molecule is CC1(C)CCC(N)(c2ccc(Br)cc2)CC1. The van der Waals surface area contributed by atoms with Gasteiger partial charge in [0.2, 0.25) is 0 Å². The highest BCUT2D eigenvalue weighted by molar-refractivity contribution is 9.10. The molecule has 16 heavy (non-hydrogen) atoms. The summed E-state index contributed by atoms with van der Waals surface area (Å²) in [6, 6.07) is 8.48. The van der Waals surface area contributed by atoms with Crippen LogP contribution in [-0.4, -0.2) is 0 Å². The average molecular weight is 282 g/mol. The molecule has 2 rings (SSSR count). The van der Waals surface area contributed by atoms with E-state index in [1.807, 2.05) is 0 Å². The number of hydrogen-bond acceptors (Lipinski definition) is 1. The monoisotopic (exact) mass is 281 g/mol. The molecule has 0 aromatic heterocycles. The number of benzene rings is 1. The Hall–Kier alpha value is -0.340. The van der Waals surface area contributed by atoms with Gasteiger partial charge in [-0.25, -0.2) is 0 Å². The van der Waals surface area contributed by atoms with Crippen LogP contribution >= 0.6 is 15.9 Å². The predicted octanol–water partition coefficient (Wildman–Crippen LogP) is 4.20. The van der Waals surface area contributed by atoms with Crippen molar-refractivity contribution in [2.24, 2.45) is 11.1 Å². The van der Waals surface area contributed by atoms with Gasteiger partial charge in [0.15, 0.2) is 0 Å². The third kappa shape index (κ3) is 2.49. The van der Waals surface area contributed by atoms with Crippen LogP contribution in [0.15, 0.2) is 28.7 Å². The normalized spacial score (nSPS) is 23.0. The molecule has 1 saturated carbocycles. The van der Waals surface area contributed by atoms with E-state index in [1.54, 1.807) is 0 Å². The first-order chi connectivity index (χ1) is 7.41. The van der Waals surface area contributed by atoms with Crippen molar-refractivity contribution in [1.82, 2.24) is 0 Å². The topological polar surface area (TPSA) is 26.0 Å². The Morgan fingerprint density at radius 1 is 1.00 bits per heavy atom. The van der Waals surface area contributed by atoms with E-state index in [-0.39, 0.29) is 5.54 Å². The van der Waals surface area contributed by atoms with Gasteiger partial charge < -0.3 is 5.73 Å². The second-order valence-electron chi connectivity index (χ2n) is 5.83. The van der Waals surface area contributed by atoms with Crippen LogP contribution in [0.3, 0.4) is 0 Å². The van der Waals surface area contributed by atoms with Gasteiger partial charge in [-0.3, -0.25) is 0 Å². The molecule has 0 bridgehead atoms. The van der Waals surface area contributed by atoms with Gasteiger partial charge >= 0.3 is 0 Å². The molecule has 0 amide bonds. The lowest BCUT2D eigenvalue weighted by atomic mass is 9.67. The molecule has 0 radical (unpaired) electrons. The molecule has 88 valence electrons. The summed E-state index contributed by atoms with van der Waals surface area (Å²) in [6.07, 6.45) is 4.64. The van der Waals surface area contributed by atoms with Crippen molar-refractivity contribution in [2.75, 3.05) is 0 Å². The maximum absolute atomic E-state index is 6.54. The molecule has 1 fully saturated rings. The van der Waals surface area contributed by atoms with Crippen LogP contribution < -0.4 is 5.73 Å². The van der Waals surface area contributed by atoms with Gasteiger partial charge in [-0.15, -0.1) is 0 Å². The zero-order valence-electron chi connectivity index (χ0n) is 10.1. The molecule has 1 nitrogen and oxygen atoms in total. The van der Waals surface area contributed by atoms with Crippen LogP contribution in [0.5, 0.6) is 0 Å². The number of rotatable bonds is 1. The molecule has 0 spiro atoms. The molecule has 0 atom stereocenters. The van der Waals surface area contributed by atoms with Gasteiger partial charge in [-0.1, -0.05) is 41.9 Å². The lowest BCUT2D eigenvalue weighted by molar-refractivity contribution is 0.165. The summed E-state index contributed by atoms with van der Waals surface area (Å²) < 4.78 is 1.12. The highest BCUT2D eigenvalue weighted by Crippen LogP contribution is 2.43. The third-order valence-corrected chi connectivity index (χ3v) is 4.44. The minimum atomic E-state index is -0.101. The number of hydrogen-bond donors (Lipinski definition) is 1. The fourth-order valence-corrected chi connectivity index (χ4v) is 2.71. The zero-order valence-corrected chi connectivity index (χ0v) is 11.7. The molecule has 0 heterocycles. The van der Waals surface area contributed by atoms with Crippen LogP contribution in [0.2, 0.25) is 0 Å². The van der Waals surface area contributed by atoms with E-state index in [4.69, 9.17) is 5.73 Å². The zero-order chi connectivity index (χ0) is 11.8. The lowest BCUT2D eigenvalue weighted by Crippen LogP contribution is -2.42. The highest BCUT2D eigenvalue weighted by atomic mass is 79.9. The Balaban J connectivity index is 2.18. The van der Waals surface area contributed by atoms with Gasteiger partial charge in [-0.2, -0.15) is 0 Å². The van der Waals surface area contributed by atoms with Crippen molar-refractivity contribution in [2.45, 2.75) is 45.1 Å². The van der Waals surface area contributed by atoms with Crippen molar-refractivity contribution in [1.29, 1.82) is 0 Å². The van der Waals surface area contributed by atoms with Gasteiger partial charge in [-0.05, 0) is 48.8 Å². The fraction of sp³-hybridized carbons (Fsp3) is 0.571. The van der Waals surface area contributed by atoms with Crippen LogP contribution in [-0.2, 0) is 5.54 Å². The van der Waals surface area contributed by atoms with Gasteiger partial charge in [0.25, 0.3) is 0 Å². The van der Waals surface area contributed by atoms with E-state index in [9.17, 15) is 0 Å². The Morgan fingerprint density at radius 2 is 1.50 bits per heavy atom. The molecule has 0 unspecified atom stereocenters. The van der Waals surface area contributed by atoms with E-state index in [0.717, 1.165) is 17.3 Å². The molecule has 2 N–H and O–H groups in total. The molecule has 1 aromatic rings. The largest absolute Gasteiger partial charge is 0.321 e. The lowest BCUT2D eigenvalue weighted by Gasteiger charge is -2.41. The third-order valence-electron chi connectivity index (χ3n) is 3.91. The standard InChI is InChI=1S/C14H20BrN/c1-13(2)7-9-14(16,10-8-13)11-3-5-12(15)6-4-11/h3-6H,7-10,16H2,1-2H3. The first kappa shape index (κ1) is 12.1. The fourth-order valence-electron chi connectivity index (χ4n) is 2.44. The maximum Gasteiger partial charge on any atom is 0.0410 e. The molecule has 1 aliphatic carbocycles. The summed E-state index contributed by atoms with van der Waals surface area (Å²) >= 11 is 3.46. The molecule has 0 saturated heterocycles. The Kier molecular flexibility index (Phi) is 3.15. The van der Waals surface area contributed by atoms with Gasteiger partial charge in [0.1, 0.15) is 0 Å². The first-order valence-corrected chi connectivity index (χ1v) is 6.76. The van der Waals surface area contributed by atoms with E-state index < -0.39 is 0 Å². The van der Waals surface area contributed by atoms with Crippen LogP contribution in [0.25, 0.3) is 0 Å². The minimum absolute atomic E-state index is 0.101. The van der Waals surface area contributed by atoms with Gasteiger partial charge in [0.05, 0.1) is 0 Å². The summed E-state index contributed by atoms with van der Waals surface area (Å²) in [5.74, 6) is 0. The average Bonchev–Trinajstić information content (AvgIpc) is 2.24. The quantitative estimate of drug-likeness (QED) is 0.820. The first-order valence-electron chi connectivity index (χ1n) is 5.96. The summed E-state index contributed by atoms with van der Waals surface area (Å²) in [4.78, 5) is 0. The molecule has 2 heteroatoms. The Morgan fingerprint density at radius 3 is 2.00 bits per heavy atom. The summed E-state index contributed by atoms with van der Waals surface area (Å²) in [5.41, 5.74) is 8.19. The molecular weight excluding hydrogens is 262 g/mol. The van der Waals surface area contributed by atoms with Crippen LogP contribution in [0, 0.1) is 5.41 Å². The summed E-state index contributed by atoms with van der Waals surface area (Å²) in [6.45, 7) is 4.68. The van der Waals surface area contributed by atoms with Crippen molar-refractivity contribution in [3.05, 3.63) is 34.3 Å². The maximum atomic E-state index is 6.54. The Bertz CT molecular complexity index is 357. The van der Waals surface area contributed by atoms with Crippen molar-refractivity contribution >= 4 is 15.9 Å². The van der Waals surface area contributed by atoms with E-state index in [1.165, 1.54) is 18.4 Å². The number of nitrogens with two attached hydrogens (primary N) is 1. The van der Waals surface area contributed by atoms with Crippen molar-refractivity contribution in [3.63, 3.8) is 0 Å². The highest BCUT2D eigenvalue weighted by Gasteiger charge is 2.36. The smallest absolute Gasteiger partial charge is 0.0410 e. The summed E-state index contributed by atoms with van der Waals surface area (Å²) in [5, 5.41) is 0. The van der Waals surface area contributed by atoms with Crippen LogP contribution in [0.4, 0.5) is 0 Å². The number of halogens is 1. The van der Waals surface area contributed by atoms with Gasteiger partial charge in [0, 0.05) is 10.0 Å². The second-order valence-corrected chi connectivity index (χ2v) is 6.74. The predicted molar refractivity (Wildman–Crippen MR) is 72.3 cm³/mol. The second kappa shape index (κ2) is 4.15. The van der Waals surface area contributed by atoms with Crippen molar-refractivity contribution in [3.8, 4) is 0 Å². The van der Waals surface area contributed by atoms with E-state index in [2.05, 4.69) is 54.0 Å². The molecule has 1 aromatic carbocycles. The molecule has 1 aliphatic rings. The van der Waals surface area contributed by atoms with Crippen LogP contribution in [0.1, 0.15) is 45.1 Å². The molecular formula is C14H20BrN. The Labute approximate surface area is 107 Å². The summed E-state index contributed by atoms with van der Waals surface area (Å²) in [7, 11) is 0. The van der Waals surface area contributed by atoms with E-state index in [0.29, 0.717) is 5.41 Å².